The largest absolute Gasteiger partial charge is 0.356 e. The third kappa shape index (κ3) is 6.67. The quantitative estimate of drug-likeness (QED) is 0.610. The number of hydrogen-bond donors (Lipinski definition) is 2. The van der Waals surface area contributed by atoms with Crippen molar-refractivity contribution in [2.75, 3.05) is 53.4 Å². The molecule has 0 aliphatic carbocycles. The Bertz CT molecular complexity index is 561. The number of nitrogens with one attached hydrogen (secondary N) is 2. The van der Waals surface area contributed by atoms with Gasteiger partial charge in [-0.15, -0.1) is 0 Å². The third-order valence-electron chi connectivity index (χ3n) is 4.95. The Balaban J connectivity index is 1.72. The van der Waals surface area contributed by atoms with Crippen molar-refractivity contribution in [1.82, 2.24) is 20.4 Å². The SMILES string of the molecule is CN=C(NCc1ccc(C)cc1C)NCC(C)CN1CCN(C)CC1. The fraction of sp³-hybridized carbons (Fsp3) is 0.650. The number of guanidine groups is 1. The molecule has 0 spiro atoms. The first-order chi connectivity index (χ1) is 12.0. The molecule has 0 amide bonds. The summed E-state index contributed by atoms with van der Waals surface area (Å²) in [5.41, 5.74) is 3.95. The first-order valence-electron chi connectivity index (χ1n) is 9.39. The molecule has 1 aromatic rings. The van der Waals surface area contributed by atoms with E-state index < -0.39 is 0 Å². The van der Waals surface area contributed by atoms with Crippen LogP contribution in [0.2, 0.25) is 0 Å². The molecule has 1 aliphatic heterocycles. The highest BCUT2D eigenvalue weighted by atomic mass is 15.2. The second kappa shape index (κ2) is 9.78. The number of aliphatic imine (C=N–C) groups is 1. The molecule has 1 atom stereocenters. The zero-order valence-electron chi connectivity index (χ0n) is 16.6. The van der Waals surface area contributed by atoms with E-state index >= 15 is 0 Å². The van der Waals surface area contributed by atoms with Crippen LogP contribution in [0.5, 0.6) is 0 Å². The van der Waals surface area contributed by atoms with Crippen molar-refractivity contribution in [2.45, 2.75) is 27.3 Å². The van der Waals surface area contributed by atoms with E-state index in [2.05, 4.69) is 71.4 Å². The number of hydrogen-bond acceptors (Lipinski definition) is 3. The van der Waals surface area contributed by atoms with Gasteiger partial charge in [0.1, 0.15) is 0 Å². The fourth-order valence-corrected chi connectivity index (χ4v) is 3.25. The van der Waals surface area contributed by atoms with Gasteiger partial charge < -0.3 is 20.4 Å². The van der Waals surface area contributed by atoms with Crippen LogP contribution in [0.3, 0.4) is 0 Å². The number of piperazine rings is 1. The molecule has 1 aliphatic rings. The minimum absolute atomic E-state index is 0.600. The first-order valence-corrected chi connectivity index (χ1v) is 9.39. The predicted octanol–water partition coefficient (Wildman–Crippen LogP) is 1.85. The van der Waals surface area contributed by atoms with Gasteiger partial charge in [0.2, 0.25) is 0 Å². The smallest absolute Gasteiger partial charge is 0.191 e. The second-order valence-electron chi connectivity index (χ2n) is 7.45. The Morgan fingerprint density at radius 3 is 2.52 bits per heavy atom. The Morgan fingerprint density at radius 2 is 1.88 bits per heavy atom. The maximum atomic E-state index is 4.35. The van der Waals surface area contributed by atoms with Gasteiger partial charge in [0.05, 0.1) is 0 Å². The topological polar surface area (TPSA) is 42.9 Å². The van der Waals surface area contributed by atoms with Crippen LogP contribution in [0.25, 0.3) is 0 Å². The molecule has 2 N–H and O–H groups in total. The van der Waals surface area contributed by atoms with Crippen LogP contribution in [-0.4, -0.2) is 69.1 Å². The summed E-state index contributed by atoms with van der Waals surface area (Å²) >= 11 is 0. The lowest BCUT2D eigenvalue weighted by Crippen LogP contribution is -2.47. The monoisotopic (exact) mass is 345 g/mol. The third-order valence-corrected chi connectivity index (χ3v) is 4.95. The number of rotatable bonds is 6. The molecule has 2 rings (SSSR count). The summed E-state index contributed by atoms with van der Waals surface area (Å²) in [6.07, 6.45) is 0. The first kappa shape index (κ1) is 19.7. The summed E-state index contributed by atoms with van der Waals surface area (Å²) in [5.74, 6) is 1.48. The van der Waals surface area contributed by atoms with Crippen molar-refractivity contribution in [1.29, 1.82) is 0 Å². The maximum absolute atomic E-state index is 4.35. The maximum Gasteiger partial charge on any atom is 0.191 e. The highest BCUT2D eigenvalue weighted by Crippen LogP contribution is 2.10. The standard InChI is InChI=1S/C20H35N5/c1-16-6-7-19(18(3)12-16)14-23-20(21-4)22-13-17(2)15-25-10-8-24(5)9-11-25/h6-7,12,17H,8-11,13-15H2,1-5H3,(H2,21,22,23). The Kier molecular flexibility index (Phi) is 7.72. The molecule has 1 unspecified atom stereocenters. The van der Waals surface area contributed by atoms with Gasteiger partial charge in [0.15, 0.2) is 5.96 Å². The summed E-state index contributed by atoms with van der Waals surface area (Å²) in [6.45, 7) is 14.2. The Morgan fingerprint density at radius 1 is 1.16 bits per heavy atom. The van der Waals surface area contributed by atoms with E-state index in [9.17, 15) is 0 Å². The van der Waals surface area contributed by atoms with Crippen LogP contribution in [0.15, 0.2) is 23.2 Å². The molecule has 0 saturated carbocycles. The van der Waals surface area contributed by atoms with E-state index in [4.69, 9.17) is 0 Å². The van der Waals surface area contributed by atoms with Crippen LogP contribution in [0.4, 0.5) is 0 Å². The van der Waals surface area contributed by atoms with Gasteiger partial charge in [-0.05, 0) is 37.9 Å². The van der Waals surface area contributed by atoms with Crippen LogP contribution in [0, 0.1) is 19.8 Å². The highest BCUT2D eigenvalue weighted by molar-refractivity contribution is 5.79. The second-order valence-corrected chi connectivity index (χ2v) is 7.45. The van der Waals surface area contributed by atoms with Crippen LogP contribution < -0.4 is 10.6 Å². The van der Waals surface area contributed by atoms with E-state index in [1.807, 2.05) is 7.05 Å². The van der Waals surface area contributed by atoms with Crippen molar-refractivity contribution in [2.24, 2.45) is 10.9 Å². The van der Waals surface area contributed by atoms with Crippen molar-refractivity contribution in [3.8, 4) is 0 Å². The number of nitrogens with zero attached hydrogens (tertiary/aromatic N) is 3. The van der Waals surface area contributed by atoms with Crippen LogP contribution in [-0.2, 0) is 6.54 Å². The summed E-state index contributed by atoms with van der Waals surface area (Å²) in [7, 11) is 4.04. The van der Waals surface area contributed by atoms with Crippen molar-refractivity contribution >= 4 is 5.96 Å². The van der Waals surface area contributed by atoms with E-state index in [1.165, 1.54) is 42.9 Å². The molecule has 140 valence electrons. The van der Waals surface area contributed by atoms with Gasteiger partial charge in [-0.25, -0.2) is 0 Å². The van der Waals surface area contributed by atoms with E-state index in [-0.39, 0.29) is 0 Å². The Labute approximate surface area is 153 Å². The molecular weight excluding hydrogens is 310 g/mol. The van der Waals surface area contributed by atoms with Gasteiger partial charge in [-0.3, -0.25) is 4.99 Å². The molecule has 1 heterocycles. The molecule has 0 aromatic heterocycles. The molecular formula is C20H35N5. The summed E-state index contributed by atoms with van der Waals surface area (Å²) in [4.78, 5) is 9.32. The highest BCUT2D eigenvalue weighted by Gasteiger charge is 2.16. The average Bonchev–Trinajstić information content (AvgIpc) is 2.58. The van der Waals surface area contributed by atoms with Crippen LogP contribution >= 0.6 is 0 Å². The molecule has 1 saturated heterocycles. The average molecular weight is 346 g/mol. The molecule has 1 aromatic carbocycles. The van der Waals surface area contributed by atoms with Crippen molar-refractivity contribution in [3.05, 3.63) is 34.9 Å². The number of benzene rings is 1. The molecule has 5 nitrogen and oxygen atoms in total. The van der Waals surface area contributed by atoms with E-state index in [1.54, 1.807) is 0 Å². The van der Waals surface area contributed by atoms with Crippen molar-refractivity contribution < 1.29 is 0 Å². The normalized spacial score (nSPS) is 18.2. The Hall–Kier alpha value is -1.59. The number of likely N-dealkylation sites (N-methyl/N-ethyl adjacent to an activating group) is 1. The molecule has 5 heteroatoms. The fourth-order valence-electron chi connectivity index (χ4n) is 3.25. The zero-order valence-corrected chi connectivity index (χ0v) is 16.6. The van der Waals surface area contributed by atoms with Gasteiger partial charge in [0.25, 0.3) is 0 Å². The summed E-state index contributed by atoms with van der Waals surface area (Å²) in [6, 6.07) is 6.59. The summed E-state index contributed by atoms with van der Waals surface area (Å²) in [5, 5.41) is 6.90. The van der Waals surface area contributed by atoms with Crippen LogP contribution in [0.1, 0.15) is 23.6 Å². The molecule has 0 bridgehead atoms. The summed E-state index contributed by atoms with van der Waals surface area (Å²) < 4.78 is 0. The lowest BCUT2D eigenvalue weighted by Gasteiger charge is -2.34. The predicted molar refractivity (Wildman–Crippen MR) is 107 cm³/mol. The van der Waals surface area contributed by atoms with Gasteiger partial charge in [-0.2, -0.15) is 0 Å². The van der Waals surface area contributed by atoms with Gasteiger partial charge >= 0.3 is 0 Å². The minimum Gasteiger partial charge on any atom is -0.356 e. The number of aryl methyl sites for hydroxylation is 2. The molecule has 25 heavy (non-hydrogen) atoms. The lowest BCUT2D eigenvalue weighted by atomic mass is 10.1. The molecule has 0 radical (unpaired) electrons. The lowest BCUT2D eigenvalue weighted by molar-refractivity contribution is 0.139. The van der Waals surface area contributed by atoms with Gasteiger partial charge in [0, 0.05) is 52.9 Å². The molecule has 1 fully saturated rings. The van der Waals surface area contributed by atoms with E-state index in [0.29, 0.717) is 5.92 Å². The van der Waals surface area contributed by atoms with Crippen molar-refractivity contribution in [3.63, 3.8) is 0 Å². The van der Waals surface area contributed by atoms with Gasteiger partial charge in [-0.1, -0.05) is 30.7 Å². The van der Waals surface area contributed by atoms with E-state index in [0.717, 1.165) is 25.6 Å². The zero-order chi connectivity index (χ0) is 18.2. The minimum atomic E-state index is 0.600.